The summed E-state index contributed by atoms with van der Waals surface area (Å²) < 4.78 is 65.1. The minimum Gasteiger partial charge on any atom is -0.479 e. The van der Waals surface area contributed by atoms with Gasteiger partial charge >= 0.3 is 0 Å². The Kier molecular flexibility index (Phi) is 5.37. The molecule has 0 radical (unpaired) electrons. The van der Waals surface area contributed by atoms with Gasteiger partial charge in [0.05, 0.1) is 12.0 Å². The lowest BCUT2D eigenvalue weighted by Crippen LogP contribution is -1.99. The molecule has 0 saturated heterocycles. The first-order valence-electron chi connectivity index (χ1n) is 9.56. The van der Waals surface area contributed by atoms with Crippen molar-refractivity contribution in [3.63, 3.8) is 0 Å². The van der Waals surface area contributed by atoms with E-state index in [-0.39, 0.29) is 16.4 Å². The molecule has 4 aromatic rings. The summed E-state index contributed by atoms with van der Waals surface area (Å²) in [5, 5.41) is 0.787. The highest BCUT2D eigenvalue weighted by molar-refractivity contribution is 7.90. The maximum atomic E-state index is 14.3. The van der Waals surface area contributed by atoms with Gasteiger partial charge in [-0.25, -0.2) is 22.2 Å². The van der Waals surface area contributed by atoms with Gasteiger partial charge in [0.15, 0.2) is 21.4 Å². The smallest absolute Gasteiger partial charge is 0.238 e. The van der Waals surface area contributed by atoms with Gasteiger partial charge in [-0.3, -0.25) is 0 Å². The Balaban J connectivity index is 2.01. The van der Waals surface area contributed by atoms with E-state index < -0.39 is 21.5 Å². The van der Waals surface area contributed by atoms with Crippen molar-refractivity contribution in [3.8, 4) is 28.5 Å². The van der Waals surface area contributed by atoms with Crippen LogP contribution in [0.15, 0.2) is 53.7 Å². The average Bonchev–Trinajstić information content (AvgIpc) is 3.08. The molecule has 0 amide bonds. The van der Waals surface area contributed by atoms with Gasteiger partial charge < -0.3 is 14.0 Å². The molecule has 2 aromatic carbocycles. The molecule has 0 aliphatic heterocycles. The Morgan fingerprint density at radius 3 is 2.41 bits per heavy atom. The van der Waals surface area contributed by atoms with Gasteiger partial charge in [0.2, 0.25) is 5.88 Å². The van der Waals surface area contributed by atoms with E-state index in [1.807, 2.05) is 18.5 Å². The van der Waals surface area contributed by atoms with Crippen molar-refractivity contribution in [3.05, 3.63) is 66.0 Å². The largest absolute Gasteiger partial charge is 0.479 e. The zero-order valence-corrected chi connectivity index (χ0v) is 18.6. The fraction of sp³-hybridized carbons (Fsp3) is 0.174. The lowest BCUT2D eigenvalue weighted by Gasteiger charge is -2.14. The van der Waals surface area contributed by atoms with E-state index in [2.05, 4.69) is 4.98 Å². The number of hydrogen-bond donors (Lipinski definition) is 0. The van der Waals surface area contributed by atoms with E-state index in [1.54, 1.807) is 12.4 Å². The molecule has 0 saturated carbocycles. The van der Waals surface area contributed by atoms with Gasteiger partial charge in [0.1, 0.15) is 17.1 Å². The van der Waals surface area contributed by atoms with Crippen LogP contribution in [-0.2, 0) is 16.9 Å². The van der Waals surface area contributed by atoms with Crippen LogP contribution >= 0.6 is 0 Å². The standard InChI is InChI=1S/C23H20F2N2O4S/c1-13-11-26-23(30-3)22-21(13)17(12-27(22)2)16-10-15(32(4,28)29)6-8-19(16)31-20-7-5-14(24)9-18(20)25/h5-12H,1-4H3. The van der Waals surface area contributed by atoms with Gasteiger partial charge in [0, 0.05) is 48.3 Å². The third kappa shape index (κ3) is 3.80. The van der Waals surface area contributed by atoms with Gasteiger partial charge in [-0.1, -0.05) is 0 Å². The molecule has 0 unspecified atom stereocenters. The Labute approximate surface area is 184 Å². The van der Waals surface area contributed by atoms with Crippen molar-refractivity contribution >= 4 is 20.7 Å². The summed E-state index contributed by atoms with van der Waals surface area (Å²) in [5.41, 5.74) is 2.63. The number of halogens is 2. The van der Waals surface area contributed by atoms with Gasteiger partial charge in [0.25, 0.3) is 0 Å². The molecule has 9 heteroatoms. The SMILES string of the molecule is COc1ncc(C)c2c(-c3cc(S(C)(=O)=O)ccc3Oc3ccc(F)cc3F)cn(C)c12. The topological polar surface area (TPSA) is 70.4 Å². The molecule has 0 fully saturated rings. The average molecular weight is 458 g/mol. The number of rotatable bonds is 5. The fourth-order valence-electron chi connectivity index (χ4n) is 3.63. The molecule has 2 heterocycles. The molecule has 0 aliphatic carbocycles. The van der Waals surface area contributed by atoms with Crippen LogP contribution in [0.3, 0.4) is 0 Å². The molecule has 0 aliphatic rings. The van der Waals surface area contributed by atoms with Crippen LogP contribution in [0.25, 0.3) is 22.0 Å². The van der Waals surface area contributed by atoms with Crippen molar-refractivity contribution in [1.82, 2.24) is 9.55 Å². The maximum absolute atomic E-state index is 14.3. The van der Waals surface area contributed by atoms with Gasteiger partial charge in [-0.2, -0.15) is 0 Å². The van der Waals surface area contributed by atoms with E-state index in [4.69, 9.17) is 9.47 Å². The number of nitrogens with zero attached hydrogens (tertiary/aromatic N) is 2. The molecule has 0 N–H and O–H groups in total. The van der Waals surface area contributed by atoms with E-state index >= 15 is 0 Å². The van der Waals surface area contributed by atoms with Crippen molar-refractivity contribution in [1.29, 1.82) is 0 Å². The zero-order valence-electron chi connectivity index (χ0n) is 17.8. The second-order valence-electron chi connectivity index (χ2n) is 7.43. The normalized spacial score (nSPS) is 11.7. The van der Waals surface area contributed by atoms with E-state index in [0.717, 1.165) is 29.3 Å². The Morgan fingerprint density at radius 1 is 1.03 bits per heavy atom. The number of aryl methyl sites for hydroxylation is 2. The molecular formula is C23H20F2N2O4S. The summed E-state index contributed by atoms with van der Waals surface area (Å²) in [6.45, 7) is 1.87. The van der Waals surface area contributed by atoms with Crippen LogP contribution in [0.2, 0.25) is 0 Å². The molecule has 2 aromatic heterocycles. The number of ether oxygens (including phenoxy) is 2. The summed E-state index contributed by atoms with van der Waals surface area (Å²) in [7, 11) is -0.200. The Bertz CT molecular complexity index is 1460. The monoisotopic (exact) mass is 458 g/mol. The molecule has 0 atom stereocenters. The summed E-state index contributed by atoms with van der Waals surface area (Å²) >= 11 is 0. The highest BCUT2D eigenvalue weighted by Gasteiger charge is 2.21. The Hall–Kier alpha value is -3.46. The number of benzene rings is 2. The number of sulfone groups is 1. The minimum atomic E-state index is -3.53. The molecule has 4 rings (SSSR count). The Morgan fingerprint density at radius 2 is 1.75 bits per heavy atom. The maximum Gasteiger partial charge on any atom is 0.238 e. The number of fused-ring (bicyclic) bond motifs is 1. The fourth-order valence-corrected chi connectivity index (χ4v) is 4.28. The summed E-state index contributed by atoms with van der Waals surface area (Å²) in [6.07, 6.45) is 4.57. The van der Waals surface area contributed by atoms with Crippen LogP contribution in [0.4, 0.5) is 8.78 Å². The predicted octanol–water partition coefficient (Wildman–Crippen LogP) is 5.03. The lowest BCUT2D eigenvalue weighted by atomic mass is 10.0. The number of aromatic nitrogens is 2. The molecule has 0 spiro atoms. The van der Waals surface area contributed by atoms with E-state index in [9.17, 15) is 17.2 Å². The highest BCUT2D eigenvalue weighted by Crippen LogP contribution is 2.42. The van der Waals surface area contributed by atoms with Crippen molar-refractivity contribution in [2.75, 3.05) is 13.4 Å². The highest BCUT2D eigenvalue weighted by atomic mass is 32.2. The first-order valence-corrected chi connectivity index (χ1v) is 11.4. The van der Waals surface area contributed by atoms with E-state index in [0.29, 0.717) is 22.5 Å². The van der Waals surface area contributed by atoms with E-state index in [1.165, 1.54) is 31.4 Å². The molecule has 166 valence electrons. The molecule has 32 heavy (non-hydrogen) atoms. The second kappa shape index (κ2) is 7.90. The van der Waals surface area contributed by atoms with Crippen molar-refractivity contribution in [2.45, 2.75) is 11.8 Å². The zero-order chi connectivity index (χ0) is 23.2. The first-order chi connectivity index (χ1) is 15.1. The minimum absolute atomic E-state index is 0.0788. The third-order valence-corrected chi connectivity index (χ3v) is 6.24. The van der Waals surface area contributed by atoms with Crippen LogP contribution in [0.5, 0.6) is 17.4 Å². The quantitative estimate of drug-likeness (QED) is 0.420. The van der Waals surface area contributed by atoms with Crippen LogP contribution in [0.1, 0.15) is 5.56 Å². The molecular weight excluding hydrogens is 438 g/mol. The van der Waals surface area contributed by atoms with Crippen molar-refractivity contribution in [2.24, 2.45) is 7.05 Å². The second-order valence-corrected chi connectivity index (χ2v) is 9.45. The summed E-state index contributed by atoms with van der Waals surface area (Å²) in [4.78, 5) is 4.38. The summed E-state index contributed by atoms with van der Waals surface area (Å²) in [6, 6.07) is 7.31. The van der Waals surface area contributed by atoms with Crippen LogP contribution < -0.4 is 9.47 Å². The van der Waals surface area contributed by atoms with Gasteiger partial charge in [-0.05, 0) is 42.8 Å². The number of methoxy groups -OCH3 is 1. The van der Waals surface area contributed by atoms with Crippen LogP contribution in [-0.4, -0.2) is 31.3 Å². The first kappa shape index (κ1) is 21.8. The van der Waals surface area contributed by atoms with Crippen molar-refractivity contribution < 1.29 is 26.7 Å². The third-order valence-electron chi connectivity index (χ3n) is 5.13. The number of hydrogen-bond acceptors (Lipinski definition) is 5. The summed E-state index contributed by atoms with van der Waals surface area (Å²) in [5.74, 6) is -1.16. The lowest BCUT2D eigenvalue weighted by molar-refractivity contribution is 0.401. The van der Waals surface area contributed by atoms with Gasteiger partial charge in [-0.15, -0.1) is 0 Å². The molecule has 6 nitrogen and oxygen atoms in total. The van der Waals surface area contributed by atoms with Crippen LogP contribution in [0, 0.1) is 18.6 Å². The molecule has 0 bridgehead atoms. The predicted molar refractivity (Wildman–Crippen MR) is 117 cm³/mol. The number of pyridine rings is 1.